The molecule has 0 aliphatic heterocycles. The maximum Gasteiger partial charge on any atom is 0.237 e. The molecule has 1 N–H and O–H groups in total. The van der Waals surface area contributed by atoms with Crippen molar-refractivity contribution in [2.75, 3.05) is 4.72 Å². The predicted octanol–water partition coefficient (Wildman–Crippen LogP) is 3.16. The van der Waals surface area contributed by atoms with Gasteiger partial charge in [0.25, 0.3) is 0 Å². The number of nitrogens with one attached hydrogen (secondary N) is 1. The Labute approximate surface area is 130 Å². The quantitative estimate of drug-likeness (QED) is 0.918. The Morgan fingerprint density at radius 1 is 1.32 bits per heavy atom. The Kier molecular flexibility index (Phi) is 4.55. The van der Waals surface area contributed by atoms with E-state index in [-0.39, 0.29) is 11.8 Å². The molecule has 0 radical (unpaired) electrons. The van der Waals surface area contributed by atoms with Gasteiger partial charge in [0, 0.05) is 6.04 Å². The van der Waals surface area contributed by atoms with E-state index in [9.17, 15) is 12.8 Å². The van der Waals surface area contributed by atoms with E-state index in [2.05, 4.69) is 9.82 Å². The summed E-state index contributed by atoms with van der Waals surface area (Å²) in [5.41, 5.74) is 2.27. The zero-order chi connectivity index (χ0) is 16.5. The van der Waals surface area contributed by atoms with Crippen LogP contribution in [0, 0.1) is 19.7 Å². The SMILES string of the molecule is Cc1nn(C(C)C)c(C)c1NS(=O)(=O)Cc1cccc(F)c1. The number of halogens is 1. The van der Waals surface area contributed by atoms with Crippen LogP contribution in [-0.4, -0.2) is 18.2 Å². The molecule has 0 unspecified atom stereocenters. The average Bonchev–Trinajstić information content (AvgIpc) is 2.66. The molecule has 0 spiro atoms. The van der Waals surface area contributed by atoms with E-state index in [0.29, 0.717) is 16.9 Å². The summed E-state index contributed by atoms with van der Waals surface area (Å²) in [6.07, 6.45) is 0. The predicted molar refractivity (Wildman–Crippen MR) is 84.7 cm³/mol. The van der Waals surface area contributed by atoms with Gasteiger partial charge in [-0.05, 0) is 45.4 Å². The highest BCUT2D eigenvalue weighted by atomic mass is 32.2. The zero-order valence-corrected chi connectivity index (χ0v) is 13.9. The van der Waals surface area contributed by atoms with Crippen LogP contribution >= 0.6 is 0 Å². The van der Waals surface area contributed by atoms with Crippen molar-refractivity contribution >= 4 is 15.7 Å². The number of benzene rings is 1. The largest absolute Gasteiger partial charge is 0.280 e. The second-order valence-electron chi connectivity index (χ2n) is 5.58. The Balaban J connectivity index is 2.26. The molecule has 2 aromatic rings. The van der Waals surface area contributed by atoms with Crippen LogP contribution in [0.2, 0.25) is 0 Å². The molecule has 0 atom stereocenters. The Hall–Kier alpha value is -1.89. The van der Waals surface area contributed by atoms with Gasteiger partial charge in [-0.2, -0.15) is 5.10 Å². The van der Waals surface area contributed by atoms with E-state index in [1.807, 2.05) is 20.8 Å². The molecular formula is C15H20FN3O2S. The van der Waals surface area contributed by atoms with Gasteiger partial charge in [0.15, 0.2) is 0 Å². The average molecular weight is 325 g/mol. The van der Waals surface area contributed by atoms with Crippen molar-refractivity contribution in [1.29, 1.82) is 0 Å². The topological polar surface area (TPSA) is 64.0 Å². The number of aromatic nitrogens is 2. The van der Waals surface area contributed by atoms with E-state index in [4.69, 9.17) is 0 Å². The monoisotopic (exact) mass is 325 g/mol. The van der Waals surface area contributed by atoms with E-state index < -0.39 is 15.8 Å². The first-order valence-corrected chi connectivity index (χ1v) is 8.65. The van der Waals surface area contributed by atoms with Crippen LogP contribution in [0.25, 0.3) is 0 Å². The second kappa shape index (κ2) is 6.08. The molecule has 5 nitrogen and oxygen atoms in total. The number of rotatable bonds is 5. The Morgan fingerprint density at radius 2 is 2.00 bits per heavy atom. The van der Waals surface area contributed by atoms with Crippen molar-refractivity contribution in [1.82, 2.24) is 9.78 Å². The molecule has 0 amide bonds. The molecule has 0 saturated heterocycles. The molecule has 120 valence electrons. The van der Waals surface area contributed by atoms with Crippen LogP contribution in [0.4, 0.5) is 10.1 Å². The highest BCUT2D eigenvalue weighted by molar-refractivity contribution is 7.91. The van der Waals surface area contributed by atoms with Gasteiger partial charge in [0.05, 0.1) is 22.8 Å². The molecule has 1 aromatic heterocycles. The molecule has 0 aliphatic rings. The molecule has 1 heterocycles. The standard InChI is InChI=1S/C15H20FN3O2S/c1-10(2)19-12(4)15(11(3)17-19)18-22(20,21)9-13-6-5-7-14(16)8-13/h5-8,10,18H,9H2,1-4H3. The van der Waals surface area contributed by atoms with E-state index in [1.165, 1.54) is 18.2 Å². The summed E-state index contributed by atoms with van der Waals surface area (Å²) in [7, 11) is -3.63. The number of hydrogen-bond donors (Lipinski definition) is 1. The van der Waals surface area contributed by atoms with Gasteiger partial charge in [0.1, 0.15) is 5.82 Å². The van der Waals surface area contributed by atoms with E-state index >= 15 is 0 Å². The molecule has 1 aromatic carbocycles. The summed E-state index contributed by atoms with van der Waals surface area (Å²) in [5, 5.41) is 4.34. The number of hydrogen-bond acceptors (Lipinski definition) is 3. The lowest BCUT2D eigenvalue weighted by Gasteiger charge is -2.11. The lowest BCUT2D eigenvalue weighted by Crippen LogP contribution is -2.16. The minimum atomic E-state index is -3.63. The van der Waals surface area contributed by atoms with Crippen molar-refractivity contribution in [3.8, 4) is 0 Å². The van der Waals surface area contributed by atoms with E-state index in [0.717, 1.165) is 5.69 Å². The van der Waals surface area contributed by atoms with Gasteiger partial charge in [-0.15, -0.1) is 0 Å². The number of nitrogens with zero attached hydrogens (tertiary/aromatic N) is 2. The van der Waals surface area contributed by atoms with Crippen LogP contribution < -0.4 is 4.72 Å². The van der Waals surface area contributed by atoms with Gasteiger partial charge in [-0.1, -0.05) is 12.1 Å². The summed E-state index contributed by atoms with van der Waals surface area (Å²) in [6, 6.07) is 5.72. The fourth-order valence-electron chi connectivity index (χ4n) is 2.35. The maximum absolute atomic E-state index is 13.2. The minimum absolute atomic E-state index is 0.139. The fourth-order valence-corrected chi connectivity index (χ4v) is 3.65. The highest BCUT2D eigenvalue weighted by Gasteiger charge is 2.19. The first-order valence-electron chi connectivity index (χ1n) is 7.00. The van der Waals surface area contributed by atoms with Crippen LogP contribution in [0.15, 0.2) is 24.3 Å². The van der Waals surface area contributed by atoms with Crippen molar-refractivity contribution in [3.05, 3.63) is 47.0 Å². The molecule has 22 heavy (non-hydrogen) atoms. The van der Waals surface area contributed by atoms with E-state index in [1.54, 1.807) is 17.7 Å². The highest BCUT2D eigenvalue weighted by Crippen LogP contribution is 2.24. The summed E-state index contributed by atoms with van der Waals surface area (Å²) in [5.74, 6) is -0.732. The lowest BCUT2D eigenvalue weighted by atomic mass is 10.2. The minimum Gasteiger partial charge on any atom is -0.280 e. The fraction of sp³-hybridized carbons (Fsp3) is 0.400. The van der Waals surface area contributed by atoms with Gasteiger partial charge < -0.3 is 0 Å². The molecule has 0 bridgehead atoms. The second-order valence-corrected chi connectivity index (χ2v) is 7.30. The Morgan fingerprint density at radius 3 is 2.55 bits per heavy atom. The number of anilines is 1. The number of aryl methyl sites for hydroxylation is 1. The van der Waals surface area contributed by atoms with Gasteiger partial charge in [0.2, 0.25) is 10.0 Å². The van der Waals surface area contributed by atoms with Gasteiger partial charge in [-0.3, -0.25) is 9.40 Å². The van der Waals surface area contributed by atoms with Crippen LogP contribution in [0.3, 0.4) is 0 Å². The van der Waals surface area contributed by atoms with Crippen molar-refractivity contribution < 1.29 is 12.8 Å². The van der Waals surface area contributed by atoms with Crippen LogP contribution in [0.1, 0.15) is 36.8 Å². The molecule has 0 aliphatic carbocycles. The molecule has 2 rings (SSSR count). The smallest absolute Gasteiger partial charge is 0.237 e. The third kappa shape index (κ3) is 3.65. The van der Waals surface area contributed by atoms with Crippen molar-refractivity contribution in [3.63, 3.8) is 0 Å². The lowest BCUT2D eigenvalue weighted by molar-refractivity contribution is 0.516. The third-order valence-corrected chi connectivity index (χ3v) is 4.55. The zero-order valence-electron chi connectivity index (χ0n) is 13.1. The number of sulfonamides is 1. The van der Waals surface area contributed by atoms with Gasteiger partial charge >= 0.3 is 0 Å². The van der Waals surface area contributed by atoms with Crippen LogP contribution in [-0.2, 0) is 15.8 Å². The summed E-state index contributed by atoms with van der Waals surface area (Å²) < 4.78 is 42.1. The van der Waals surface area contributed by atoms with Crippen molar-refractivity contribution in [2.45, 2.75) is 39.5 Å². The normalized spacial score (nSPS) is 11.9. The van der Waals surface area contributed by atoms with Crippen LogP contribution in [0.5, 0.6) is 0 Å². The van der Waals surface area contributed by atoms with Crippen molar-refractivity contribution in [2.24, 2.45) is 0 Å². The molecule has 0 saturated carbocycles. The summed E-state index contributed by atoms with van der Waals surface area (Å²) in [4.78, 5) is 0. The Bertz CT molecular complexity index is 782. The summed E-state index contributed by atoms with van der Waals surface area (Å²) >= 11 is 0. The maximum atomic E-state index is 13.2. The first-order chi connectivity index (χ1) is 10.2. The molecule has 7 heteroatoms. The molecule has 0 fully saturated rings. The third-order valence-electron chi connectivity index (χ3n) is 3.32. The summed E-state index contributed by atoms with van der Waals surface area (Å²) in [6.45, 7) is 7.53. The van der Waals surface area contributed by atoms with Gasteiger partial charge in [-0.25, -0.2) is 12.8 Å². The molecular weight excluding hydrogens is 305 g/mol. The first kappa shape index (κ1) is 16.5.